The molecule has 2 aliphatic rings. The number of carbonyl (C=O) groups is 1. The number of rotatable bonds is 3. The molecule has 2 fully saturated rings. The zero-order valence-electron chi connectivity index (χ0n) is 12.0. The van der Waals surface area contributed by atoms with E-state index in [0.29, 0.717) is 16.0 Å². The van der Waals surface area contributed by atoms with Gasteiger partial charge in [-0.2, -0.15) is 0 Å². The molecule has 2 heterocycles. The molecular weight excluding hydrogens is 307 g/mol. The minimum Gasteiger partial charge on any atom is -0.342 e. The first-order chi connectivity index (χ1) is 10.1. The van der Waals surface area contributed by atoms with Gasteiger partial charge in [-0.05, 0) is 43.5 Å². The first-order valence-corrected chi connectivity index (χ1v) is 8.34. The van der Waals surface area contributed by atoms with Gasteiger partial charge in [0.25, 0.3) is 0 Å². The summed E-state index contributed by atoms with van der Waals surface area (Å²) in [6.07, 6.45) is 3.27. The van der Waals surface area contributed by atoms with E-state index in [0.717, 1.165) is 57.5 Å². The Hall–Kier alpha value is -0.770. The minimum atomic E-state index is 0.161. The summed E-state index contributed by atoms with van der Waals surface area (Å²) in [7, 11) is 0. The van der Waals surface area contributed by atoms with Crippen molar-refractivity contribution in [3.63, 3.8) is 0 Å². The summed E-state index contributed by atoms with van der Waals surface area (Å²) >= 11 is 12.1. The van der Waals surface area contributed by atoms with Crippen molar-refractivity contribution in [1.82, 2.24) is 9.80 Å². The largest absolute Gasteiger partial charge is 0.342 e. The maximum Gasteiger partial charge on any atom is 0.227 e. The molecule has 3 rings (SSSR count). The van der Waals surface area contributed by atoms with E-state index in [4.69, 9.17) is 23.2 Å². The molecule has 114 valence electrons. The van der Waals surface area contributed by atoms with E-state index in [-0.39, 0.29) is 5.92 Å². The van der Waals surface area contributed by atoms with Crippen molar-refractivity contribution in [2.75, 3.05) is 26.2 Å². The van der Waals surface area contributed by atoms with Gasteiger partial charge in [-0.15, -0.1) is 0 Å². The van der Waals surface area contributed by atoms with Crippen molar-refractivity contribution in [2.45, 2.75) is 25.8 Å². The molecule has 0 aromatic heterocycles. The van der Waals surface area contributed by atoms with Gasteiger partial charge in [-0.25, -0.2) is 0 Å². The number of hydrogen-bond donors (Lipinski definition) is 0. The van der Waals surface area contributed by atoms with Gasteiger partial charge in [0.05, 0.1) is 5.92 Å². The van der Waals surface area contributed by atoms with Crippen LogP contribution >= 0.6 is 23.2 Å². The van der Waals surface area contributed by atoms with Crippen LogP contribution in [0.25, 0.3) is 0 Å². The molecule has 0 bridgehead atoms. The minimum absolute atomic E-state index is 0.161. The fourth-order valence-corrected chi connectivity index (χ4v) is 3.73. The number of nitrogens with zero attached hydrogens (tertiary/aromatic N) is 2. The van der Waals surface area contributed by atoms with Crippen LogP contribution < -0.4 is 0 Å². The third-order valence-electron chi connectivity index (χ3n) is 4.45. The first kappa shape index (κ1) is 15.1. The van der Waals surface area contributed by atoms with Gasteiger partial charge in [-0.3, -0.25) is 9.69 Å². The van der Waals surface area contributed by atoms with Gasteiger partial charge in [0.1, 0.15) is 0 Å². The van der Waals surface area contributed by atoms with Crippen LogP contribution in [-0.2, 0) is 11.3 Å². The highest BCUT2D eigenvalue weighted by atomic mass is 35.5. The summed E-state index contributed by atoms with van der Waals surface area (Å²) in [6.45, 7) is 4.48. The predicted octanol–water partition coefficient (Wildman–Crippen LogP) is 3.44. The van der Waals surface area contributed by atoms with Crippen molar-refractivity contribution in [3.05, 3.63) is 33.8 Å². The standard InChI is InChI=1S/C16H20Cl2N2O/c17-14-4-3-12(15(18)9-14)10-19-8-5-13(11-19)16(21)20-6-1-2-7-20/h3-4,9,13H,1-2,5-8,10-11H2. The van der Waals surface area contributed by atoms with Crippen LogP contribution in [0.4, 0.5) is 0 Å². The molecular formula is C16H20Cl2N2O. The topological polar surface area (TPSA) is 23.6 Å². The smallest absolute Gasteiger partial charge is 0.227 e. The number of halogens is 2. The second-order valence-electron chi connectivity index (χ2n) is 5.99. The Morgan fingerprint density at radius 2 is 1.95 bits per heavy atom. The van der Waals surface area contributed by atoms with Crippen LogP contribution in [0.3, 0.4) is 0 Å². The highest BCUT2D eigenvalue weighted by molar-refractivity contribution is 6.35. The van der Waals surface area contributed by atoms with Crippen LogP contribution in [0.15, 0.2) is 18.2 Å². The Balaban J connectivity index is 1.58. The van der Waals surface area contributed by atoms with E-state index in [1.54, 1.807) is 6.07 Å². The molecule has 2 saturated heterocycles. The Morgan fingerprint density at radius 1 is 1.19 bits per heavy atom. The van der Waals surface area contributed by atoms with Gasteiger partial charge in [-0.1, -0.05) is 29.3 Å². The van der Waals surface area contributed by atoms with Crippen LogP contribution in [-0.4, -0.2) is 41.9 Å². The number of benzene rings is 1. The average Bonchev–Trinajstić information content (AvgIpc) is 3.12. The van der Waals surface area contributed by atoms with Crippen LogP contribution in [0, 0.1) is 5.92 Å². The lowest BCUT2D eigenvalue weighted by atomic mass is 10.1. The summed E-state index contributed by atoms with van der Waals surface area (Å²) in [6, 6.07) is 5.62. The summed E-state index contributed by atoms with van der Waals surface area (Å²) in [5, 5.41) is 1.36. The summed E-state index contributed by atoms with van der Waals surface area (Å²) in [5.74, 6) is 0.506. The molecule has 1 atom stereocenters. The van der Waals surface area contributed by atoms with E-state index in [1.807, 2.05) is 17.0 Å². The molecule has 0 saturated carbocycles. The Labute approximate surface area is 135 Å². The monoisotopic (exact) mass is 326 g/mol. The predicted molar refractivity (Wildman–Crippen MR) is 85.7 cm³/mol. The molecule has 1 aromatic carbocycles. The summed E-state index contributed by atoms with van der Waals surface area (Å²) in [5.41, 5.74) is 1.08. The summed E-state index contributed by atoms with van der Waals surface area (Å²) < 4.78 is 0. The maximum atomic E-state index is 12.4. The second-order valence-corrected chi connectivity index (χ2v) is 6.83. The first-order valence-electron chi connectivity index (χ1n) is 7.58. The lowest BCUT2D eigenvalue weighted by Crippen LogP contribution is -2.35. The normalized spacial score (nSPS) is 23.0. The molecule has 0 aliphatic carbocycles. The number of likely N-dealkylation sites (tertiary alicyclic amines) is 2. The SMILES string of the molecule is O=C(C1CCN(Cc2ccc(Cl)cc2Cl)C1)N1CCCC1. The van der Waals surface area contributed by atoms with Crippen molar-refractivity contribution < 1.29 is 4.79 Å². The fraction of sp³-hybridized carbons (Fsp3) is 0.562. The van der Waals surface area contributed by atoms with Crippen molar-refractivity contribution >= 4 is 29.1 Å². The lowest BCUT2D eigenvalue weighted by molar-refractivity contribution is -0.134. The molecule has 0 N–H and O–H groups in total. The van der Waals surface area contributed by atoms with E-state index < -0.39 is 0 Å². The van der Waals surface area contributed by atoms with E-state index in [2.05, 4.69) is 4.90 Å². The zero-order valence-corrected chi connectivity index (χ0v) is 13.5. The third-order valence-corrected chi connectivity index (χ3v) is 5.04. The zero-order chi connectivity index (χ0) is 14.8. The van der Waals surface area contributed by atoms with E-state index in [1.165, 1.54) is 0 Å². The number of amides is 1. The number of hydrogen-bond acceptors (Lipinski definition) is 2. The molecule has 1 amide bonds. The van der Waals surface area contributed by atoms with E-state index >= 15 is 0 Å². The molecule has 0 radical (unpaired) electrons. The lowest BCUT2D eigenvalue weighted by Gasteiger charge is -2.21. The van der Waals surface area contributed by atoms with Gasteiger partial charge in [0.2, 0.25) is 5.91 Å². The van der Waals surface area contributed by atoms with Crippen LogP contribution in [0.1, 0.15) is 24.8 Å². The molecule has 5 heteroatoms. The fourth-order valence-electron chi connectivity index (χ4n) is 3.26. The quantitative estimate of drug-likeness (QED) is 0.849. The molecule has 21 heavy (non-hydrogen) atoms. The highest BCUT2D eigenvalue weighted by Gasteiger charge is 2.32. The van der Waals surface area contributed by atoms with Crippen LogP contribution in [0.5, 0.6) is 0 Å². The van der Waals surface area contributed by atoms with Gasteiger partial charge >= 0.3 is 0 Å². The van der Waals surface area contributed by atoms with Gasteiger partial charge < -0.3 is 4.90 Å². The Morgan fingerprint density at radius 3 is 2.67 bits per heavy atom. The van der Waals surface area contributed by atoms with Crippen molar-refractivity contribution in [3.8, 4) is 0 Å². The van der Waals surface area contributed by atoms with Crippen molar-refractivity contribution in [2.24, 2.45) is 5.92 Å². The summed E-state index contributed by atoms with van der Waals surface area (Å²) in [4.78, 5) is 16.8. The van der Waals surface area contributed by atoms with Gasteiger partial charge in [0, 0.05) is 36.2 Å². The molecule has 1 unspecified atom stereocenters. The highest BCUT2D eigenvalue weighted by Crippen LogP contribution is 2.26. The Kier molecular flexibility index (Phi) is 4.72. The maximum absolute atomic E-state index is 12.4. The van der Waals surface area contributed by atoms with Crippen LogP contribution in [0.2, 0.25) is 10.0 Å². The molecule has 1 aromatic rings. The molecule has 3 nitrogen and oxygen atoms in total. The second kappa shape index (κ2) is 6.55. The average molecular weight is 327 g/mol. The van der Waals surface area contributed by atoms with E-state index in [9.17, 15) is 4.79 Å². The molecule has 2 aliphatic heterocycles. The van der Waals surface area contributed by atoms with Gasteiger partial charge in [0.15, 0.2) is 0 Å². The van der Waals surface area contributed by atoms with Crippen molar-refractivity contribution in [1.29, 1.82) is 0 Å². The third kappa shape index (κ3) is 3.53. The molecule has 0 spiro atoms. The number of carbonyl (C=O) groups excluding carboxylic acids is 1. The Bertz CT molecular complexity index is 529.